The van der Waals surface area contributed by atoms with Crippen molar-refractivity contribution in [3.63, 3.8) is 0 Å². The topological polar surface area (TPSA) is 155 Å². The van der Waals surface area contributed by atoms with Crippen molar-refractivity contribution in [3.05, 3.63) is 23.8 Å². The number of hydrogen-bond acceptors (Lipinski definition) is 9. The number of phenols is 2. The van der Waals surface area contributed by atoms with Crippen LogP contribution in [0.15, 0.2) is 28.2 Å². The number of aromatic hydroxyl groups is 2. The number of rotatable bonds is 3. The third-order valence-electron chi connectivity index (χ3n) is 4.13. The second-order valence-corrected chi connectivity index (χ2v) is 5.86. The SMILES string of the molecule is Oc1ccc2c(c1O)C(=CC=NC[C@@]1(O)OC[C@@H](O)[C@@H](O)[C@H]1O)C=N2. The average molecular weight is 350 g/mol. The first-order valence-electron chi connectivity index (χ1n) is 7.53. The van der Waals surface area contributed by atoms with Gasteiger partial charge in [0.15, 0.2) is 11.5 Å². The summed E-state index contributed by atoms with van der Waals surface area (Å²) in [6, 6.07) is 2.89. The fourth-order valence-corrected chi connectivity index (χ4v) is 2.64. The molecule has 2 heterocycles. The minimum Gasteiger partial charge on any atom is -0.504 e. The first-order chi connectivity index (χ1) is 11.8. The largest absolute Gasteiger partial charge is 0.504 e. The van der Waals surface area contributed by atoms with Crippen molar-refractivity contribution in [1.29, 1.82) is 0 Å². The minimum absolute atomic E-state index is 0.271. The molecule has 9 heteroatoms. The molecule has 1 saturated heterocycles. The molecule has 9 nitrogen and oxygen atoms in total. The molecule has 0 spiro atoms. The third kappa shape index (κ3) is 3.15. The maximum atomic E-state index is 10.2. The fraction of sp³-hybridized carbons (Fsp3) is 0.375. The Kier molecular flexibility index (Phi) is 4.58. The van der Waals surface area contributed by atoms with E-state index in [1.54, 1.807) is 6.07 Å². The van der Waals surface area contributed by atoms with Gasteiger partial charge in [0.1, 0.15) is 18.3 Å². The lowest BCUT2D eigenvalue weighted by atomic mass is 9.97. The number of ether oxygens (including phenoxy) is 1. The van der Waals surface area contributed by atoms with Gasteiger partial charge in [0, 0.05) is 18.0 Å². The smallest absolute Gasteiger partial charge is 0.215 e. The van der Waals surface area contributed by atoms with Gasteiger partial charge in [-0.25, -0.2) is 0 Å². The van der Waals surface area contributed by atoms with Crippen LogP contribution in [-0.2, 0) is 4.74 Å². The molecule has 134 valence electrons. The number of benzene rings is 1. The lowest BCUT2D eigenvalue weighted by molar-refractivity contribution is -0.315. The van der Waals surface area contributed by atoms with Gasteiger partial charge in [-0.15, -0.1) is 0 Å². The van der Waals surface area contributed by atoms with Crippen LogP contribution in [-0.4, -0.2) is 80.3 Å². The van der Waals surface area contributed by atoms with Crippen LogP contribution < -0.4 is 0 Å². The van der Waals surface area contributed by atoms with E-state index < -0.39 is 24.1 Å². The van der Waals surface area contributed by atoms with E-state index in [1.807, 2.05) is 0 Å². The molecular weight excluding hydrogens is 332 g/mol. The number of phenolic OH excluding ortho intramolecular Hbond substituents is 2. The summed E-state index contributed by atoms with van der Waals surface area (Å²) in [4.78, 5) is 8.02. The molecule has 0 saturated carbocycles. The maximum Gasteiger partial charge on any atom is 0.215 e. The molecule has 4 atom stereocenters. The summed E-state index contributed by atoms with van der Waals surface area (Å²) < 4.78 is 4.99. The van der Waals surface area contributed by atoms with Gasteiger partial charge in [-0.05, 0) is 18.2 Å². The molecule has 3 rings (SSSR count). The maximum absolute atomic E-state index is 10.2. The van der Waals surface area contributed by atoms with Crippen molar-refractivity contribution in [1.82, 2.24) is 0 Å². The van der Waals surface area contributed by atoms with E-state index in [0.29, 0.717) is 16.8 Å². The zero-order valence-corrected chi connectivity index (χ0v) is 13.0. The molecule has 6 N–H and O–H groups in total. The van der Waals surface area contributed by atoms with Gasteiger partial charge < -0.3 is 35.4 Å². The minimum atomic E-state index is -2.12. The van der Waals surface area contributed by atoms with Gasteiger partial charge in [-0.1, -0.05) is 0 Å². The molecule has 2 aliphatic heterocycles. The van der Waals surface area contributed by atoms with Gasteiger partial charge in [0.25, 0.3) is 0 Å². The second kappa shape index (κ2) is 6.54. The predicted molar refractivity (Wildman–Crippen MR) is 88.2 cm³/mol. The van der Waals surface area contributed by atoms with E-state index in [-0.39, 0.29) is 24.7 Å². The van der Waals surface area contributed by atoms with Crippen LogP contribution in [0.25, 0.3) is 5.57 Å². The molecule has 25 heavy (non-hydrogen) atoms. The van der Waals surface area contributed by atoms with Crippen LogP contribution in [0.1, 0.15) is 5.56 Å². The summed E-state index contributed by atoms with van der Waals surface area (Å²) in [7, 11) is 0. The Morgan fingerprint density at radius 1 is 1.28 bits per heavy atom. The van der Waals surface area contributed by atoms with Gasteiger partial charge in [-0.2, -0.15) is 0 Å². The van der Waals surface area contributed by atoms with E-state index in [9.17, 15) is 30.6 Å². The highest BCUT2D eigenvalue weighted by molar-refractivity contribution is 6.20. The molecule has 2 aliphatic rings. The Balaban J connectivity index is 1.72. The summed E-state index contributed by atoms with van der Waals surface area (Å²) in [6.07, 6.45) is -0.250. The highest BCUT2D eigenvalue weighted by atomic mass is 16.6. The van der Waals surface area contributed by atoms with Crippen molar-refractivity contribution < 1.29 is 35.4 Å². The molecule has 1 aromatic carbocycles. The van der Waals surface area contributed by atoms with Crippen LogP contribution in [0.3, 0.4) is 0 Å². The summed E-state index contributed by atoms with van der Waals surface area (Å²) in [6.45, 7) is -0.712. The quantitative estimate of drug-likeness (QED) is 0.304. The number of allylic oxidation sites excluding steroid dienone is 2. The number of hydrogen-bond donors (Lipinski definition) is 6. The Labute approximate surface area is 142 Å². The number of aliphatic hydroxyl groups excluding tert-OH is 3. The molecule has 0 aliphatic carbocycles. The molecule has 0 radical (unpaired) electrons. The molecule has 0 bridgehead atoms. The molecule has 1 aromatic rings. The van der Waals surface area contributed by atoms with E-state index >= 15 is 0 Å². The monoisotopic (exact) mass is 350 g/mol. The predicted octanol–water partition coefficient (Wildman–Crippen LogP) is -0.931. The lowest BCUT2D eigenvalue weighted by Crippen LogP contribution is -2.62. The Hall–Kier alpha value is -2.30. The van der Waals surface area contributed by atoms with E-state index in [1.165, 1.54) is 24.6 Å². The van der Waals surface area contributed by atoms with Gasteiger partial charge in [-0.3, -0.25) is 9.98 Å². The standard InChI is InChI=1S/C16H18N2O7/c19-10-2-1-9-12(13(10)21)8(5-18-9)3-4-17-7-16(24)15(23)14(22)11(20)6-25-16/h1-5,11,14-15,19-24H,6-7H2/t11-,14-,15-,16-/m1/s1. The summed E-state index contributed by atoms with van der Waals surface area (Å²) in [5.41, 5.74) is 1.36. The normalized spacial score (nSPS) is 33.3. The van der Waals surface area contributed by atoms with Crippen LogP contribution in [0.5, 0.6) is 11.5 Å². The Morgan fingerprint density at radius 2 is 2.04 bits per heavy atom. The van der Waals surface area contributed by atoms with Crippen molar-refractivity contribution in [2.45, 2.75) is 24.1 Å². The third-order valence-corrected chi connectivity index (χ3v) is 4.13. The Morgan fingerprint density at radius 3 is 2.80 bits per heavy atom. The fourth-order valence-electron chi connectivity index (χ4n) is 2.64. The van der Waals surface area contributed by atoms with Crippen molar-refractivity contribution >= 4 is 23.7 Å². The van der Waals surface area contributed by atoms with Crippen molar-refractivity contribution in [2.75, 3.05) is 13.2 Å². The van der Waals surface area contributed by atoms with Crippen LogP contribution in [0.2, 0.25) is 0 Å². The van der Waals surface area contributed by atoms with E-state index in [0.717, 1.165) is 0 Å². The molecule has 0 unspecified atom stereocenters. The average Bonchev–Trinajstić information content (AvgIpc) is 3.01. The number of nitrogens with zero attached hydrogens (tertiary/aromatic N) is 2. The zero-order chi connectivity index (χ0) is 18.2. The molecular formula is C16H18N2O7. The number of aliphatic hydroxyl groups is 4. The van der Waals surface area contributed by atoms with E-state index in [4.69, 9.17) is 4.74 Å². The van der Waals surface area contributed by atoms with Crippen molar-refractivity contribution in [2.24, 2.45) is 9.98 Å². The highest BCUT2D eigenvalue weighted by Crippen LogP contribution is 2.42. The van der Waals surface area contributed by atoms with Crippen LogP contribution >= 0.6 is 0 Å². The van der Waals surface area contributed by atoms with Crippen molar-refractivity contribution in [3.8, 4) is 11.5 Å². The first kappa shape index (κ1) is 17.5. The second-order valence-electron chi connectivity index (χ2n) is 5.86. The molecule has 0 amide bonds. The number of fused-ring (bicyclic) bond motifs is 1. The van der Waals surface area contributed by atoms with Gasteiger partial charge >= 0.3 is 0 Å². The Bertz CT molecular complexity index is 761. The van der Waals surface area contributed by atoms with E-state index in [2.05, 4.69) is 9.98 Å². The molecule has 0 aromatic heterocycles. The zero-order valence-electron chi connectivity index (χ0n) is 13.0. The van der Waals surface area contributed by atoms with Crippen LogP contribution in [0.4, 0.5) is 5.69 Å². The summed E-state index contributed by atoms with van der Waals surface area (Å²) in [5, 5.41) is 58.5. The molecule has 1 fully saturated rings. The summed E-state index contributed by atoms with van der Waals surface area (Å²) in [5.74, 6) is -2.68. The first-order valence-corrected chi connectivity index (χ1v) is 7.53. The van der Waals surface area contributed by atoms with Gasteiger partial charge in [0.2, 0.25) is 5.79 Å². The highest BCUT2D eigenvalue weighted by Gasteiger charge is 2.48. The summed E-state index contributed by atoms with van der Waals surface area (Å²) >= 11 is 0. The lowest BCUT2D eigenvalue weighted by Gasteiger charge is -2.40. The number of aliphatic imine (C=N–C) groups is 2. The van der Waals surface area contributed by atoms with Crippen LogP contribution in [0, 0.1) is 0 Å². The van der Waals surface area contributed by atoms with Gasteiger partial charge in [0.05, 0.1) is 24.4 Å².